The molecule has 27 heavy (non-hydrogen) atoms. The lowest BCUT2D eigenvalue weighted by atomic mass is 10.2. The van der Waals surface area contributed by atoms with Gasteiger partial charge < -0.3 is 5.32 Å². The molecule has 1 amide bonds. The number of hydrogen-bond donors (Lipinski definition) is 1. The second-order valence-electron chi connectivity index (χ2n) is 6.34. The molecule has 1 aromatic carbocycles. The number of hydrogen-bond acceptors (Lipinski definition) is 4. The van der Waals surface area contributed by atoms with Crippen LogP contribution in [0.25, 0.3) is 11.3 Å². The minimum atomic E-state index is -0.124. The van der Waals surface area contributed by atoms with Crippen LogP contribution < -0.4 is 5.32 Å². The Bertz CT molecular complexity index is 1100. The third-order valence-electron chi connectivity index (χ3n) is 4.54. The summed E-state index contributed by atoms with van der Waals surface area (Å²) in [5.41, 5.74) is 3.89. The fourth-order valence-corrected chi connectivity index (χ4v) is 3.23. The van der Waals surface area contributed by atoms with Gasteiger partial charge in [-0.2, -0.15) is 5.10 Å². The van der Waals surface area contributed by atoms with Crippen LogP contribution in [0.2, 0.25) is 0 Å². The highest BCUT2D eigenvalue weighted by atomic mass is 16.1. The van der Waals surface area contributed by atoms with Crippen LogP contribution in [0.5, 0.6) is 0 Å². The summed E-state index contributed by atoms with van der Waals surface area (Å²) in [5.74, 6) is 0.695. The molecule has 0 spiro atoms. The number of nitrogens with zero attached hydrogens (tertiary/aromatic N) is 5. The van der Waals surface area contributed by atoms with Crippen molar-refractivity contribution in [3.63, 3.8) is 0 Å². The maximum atomic E-state index is 12.7. The first-order chi connectivity index (χ1) is 13.1. The van der Waals surface area contributed by atoms with Gasteiger partial charge in [-0.3, -0.25) is 9.20 Å². The van der Waals surface area contributed by atoms with Gasteiger partial charge in [-0.25, -0.2) is 4.68 Å². The molecule has 0 radical (unpaired) electrons. The van der Waals surface area contributed by atoms with Gasteiger partial charge in [-0.05, 0) is 38.1 Å². The van der Waals surface area contributed by atoms with Crippen molar-refractivity contribution in [1.29, 1.82) is 0 Å². The van der Waals surface area contributed by atoms with Gasteiger partial charge in [0.05, 0.1) is 22.6 Å². The van der Waals surface area contributed by atoms with Crippen LogP contribution in [0.4, 0.5) is 0 Å². The van der Waals surface area contributed by atoms with Crippen LogP contribution in [0.1, 0.15) is 27.6 Å². The summed E-state index contributed by atoms with van der Waals surface area (Å²) >= 11 is 0. The van der Waals surface area contributed by atoms with E-state index in [9.17, 15) is 4.79 Å². The lowest BCUT2D eigenvalue weighted by Crippen LogP contribution is -2.27. The smallest absolute Gasteiger partial charge is 0.255 e. The van der Waals surface area contributed by atoms with Crippen LogP contribution in [-0.4, -0.2) is 36.8 Å². The van der Waals surface area contributed by atoms with E-state index in [1.54, 1.807) is 4.68 Å². The molecule has 0 saturated heterocycles. The minimum Gasteiger partial charge on any atom is -0.351 e. The van der Waals surface area contributed by atoms with Crippen molar-refractivity contribution >= 4 is 11.6 Å². The Morgan fingerprint density at radius 1 is 1.04 bits per heavy atom. The highest BCUT2D eigenvalue weighted by Gasteiger charge is 2.19. The van der Waals surface area contributed by atoms with Crippen molar-refractivity contribution in [2.45, 2.75) is 20.3 Å². The molecule has 7 nitrogen and oxygen atoms in total. The second kappa shape index (κ2) is 7.03. The number of carbonyl (C=O) groups is 1. The highest BCUT2D eigenvalue weighted by Crippen LogP contribution is 2.17. The van der Waals surface area contributed by atoms with Crippen molar-refractivity contribution in [2.24, 2.45) is 0 Å². The molecule has 136 valence electrons. The maximum absolute atomic E-state index is 12.7. The molecule has 3 heterocycles. The predicted molar refractivity (Wildman–Crippen MR) is 102 cm³/mol. The molecular weight excluding hydrogens is 340 g/mol. The number of carbonyl (C=O) groups excluding carboxylic acids is 1. The molecule has 0 fully saturated rings. The number of nitrogens with one attached hydrogen (secondary N) is 1. The van der Waals surface area contributed by atoms with Crippen LogP contribution >= 0.6 is 0 Å². The predicted octanol–water partition coefficient (Wildman–Crippen LogP) is 2.50. The second-order valence-corrected chi connectivity index (χ2v) is 6.34. The molecule has 1 N–H and O–H groups in total. The van der Waals surface area contributed by atoms with E-state index in [1.165, 1.54) is 0 Å². The summed E-state index contributed by atoms with van der Waals surface area (Å²) in [6.45, 7) is 4.24. The lowest BCUT2D eigenvalue weighted by molar-refractivity contribution is 0.0952. The molecule has 4 rings (SSSR count). The summed E-state index contributed by atoms with van der Waals surface area (Å²) in [6, 6.07) is 15.6. The maximum Gasteiger partial charge on any atom is 0.255 e. The van der Waals surface area contributed by atoms with Crippen LogP contribution in [0.3, 0.4) is 0 Å². The number of benzene rings is 1. The van der Waals surface area contributed by atoms with E-state index < -0.39 is 0 Å². The summed E-state index contributed by atoms with van der Waals surface area (Å²) in [4.78, 5) is 12.7. The zero-order valence-corrected chi connectivity index (χ0v) is 15.3. The molecule has 4 aromatic rings. The number of para-hydroxylation sites is 1. The fourth-order valence-electron chi connectivity index (χ4n) is 3.23. The third-order valence-corrected chi connectivity index (χ3v) is 4.54. The molecule has 0 bridgehead atoms. The quantitative estimate of drug-likeness (QED) is 0.593. The van der Waals surface area contributed by atoms with E-state index in [0.717, 1.165) is 22.9 Å². The standard InChI is InChI=1S/C20H20N6O/c1-14-19(15(2)26(24-14)16-8-4-3-5-9-16)20(27)21-12-11-18-23-22-17-10-6-7-13-25(17)18/h3-10,13H,11-12H2,1-2H3,(H,21,27). The average Bonchev–Trinajstić information content (AvgIpc) is 3.23. The Hall–Kier alpha value is -3.48. The van der Waals surface area contributed by atoms with Crippen molar-refractivity contribution < 1.29 is 4.79 Å². The van der Waals surface area contributed by atoms with Crippen LogP contribution in [0.15, 0.2) is 54.7 Å². The van der Waals surface area contributed by atoms with Crippen molar-refractivity contribution in [1.82, 2.24) is 29.7 Å². The van der Waals surface area contributed by atoms with Crippen molar-refractivity contribution in [2.75, 3.05) is 6.54 Å². The number of aryl methyl sites for hydroxylation is 1. The van der Waals surface area contributed by atoms with Crippen molar-refractivity contribution in [3.8, 4) is 5.69 Å². The number of rotatable bonds is 5. The molecule has 0 aliphatic heterocycles. The van der Waals surface area contributed by atoms with Crippen LogP contribution in [-0.2, 0) is 6.42 Å². The van der Waals surface area contributed by atoms with E-state index >= 15 is 0 Å². The largest absolute Gasteiger partial charge is 0.351 e. The van der Waals surface area contributed by atoms with Gasteiger partial charge >= 0.3 is 0 Å². The van der Waals surface area contributed by atoms with Gasteiger partial charge in [-0.1, -0.05) is 24.3 Å². The molecule has 0 unspecified atom stereocenters. The van der Waals surface area contributed by atoms with Gasteiger partial charge in [0.15, 0.2) is 5.65 Å². The summed E-state index contributed by atoms with van der Waals surface area (Å²) in [7, 11) is 0. The number of pyridine rings is 1. The molecule has 0 aliphatic carbocycles. The Kier molecular flexibility index (Phi) is 4.42. The van der Waals surface area contributed by atoms with Gasteiger partial charge in [0.1, 0.15) is 5.82 Å². The fraction of sp³-hybridized carbons (Fsp3) is 0.200. The van der Waals surface area contributed by atoms with E-state index in [1.807, 2.05) is 73.0 Å². The Morgan fingerprint density at radius 3 is 2.63 bits per heavy atom. The van der Waals surface area contributed by atoms with E-state index in [4.69, 9.17) is 0 Å². The molecule has 0 atom stereocenters. The van der Waals surface area contributed by atoms with Crippen molar-refractivity contribution in [3.05, 3.63) is 77.5 Å². The highest BCUT2D eigenvalue weighted by molar-refractivity contribution is 5.96. The van der Waals surface area contributed by atoms with E-state index in [2.05, 4.69) is 20.6 Å². The molecule has 3 aromatic heterocycles. The Balaban J connectivity index is 1.48. The van der Waals surface area contributed by atoms with Gasteiger partial charge in [0, 0.05) is 19.2 Å². The van der Waals surface area contributed by atoms with Gasteiger partial charge in [-0.15, -0.1) is 10.2 Å². The normalized spacial score (nSPS) is 11.0. The lowest BCUT2D eigenvalue weighted by Gasteiger charge is -2.06. The topological polar surface area (TPSA) is 77.1 Å². The molecule has 7 heteroatoms. The van der Waals surface area contributed by atoms with Crippen LogP contribution in [0, 0.1) is 13.8 Å². The molecule has 0 saturated carbocycles. The Labute approximate surface area is 156 Å². The number of aromatic nitrogens is 5. The first kappa shape index (κ1) is 17.0. The molecular formula is C20H20N6O. The summed E-state index contributed by atoms with van der Waals surface area (Å²) < 4.78 is 3.73. The first-order valence-electron chi connectivity index (χ1n) is 8.83. The van der Waals surface area contributed by atoms with E-state index in [0.29, 0.717) is 24.2 Å². The zero-order chi connectivity index (χ0) is 18.8. The molecule has 0 aliphatic rings. The monoisotopic (exact) mass is 360 g/mol. The van der Waals surface area contributed by atoms with Gasteiger partial charge in [0.25, 0.3) is 5.91 Å². The Morgan fingerprint density at radius 2 is 1.81 bits per heavy atom. The zero-order valence-electron chi connectivity index (χ0n) is 15.3. The minimum absolute atomic E-state index is 0.124. The average molecular weight is 360 g/mol. The first-order valence-corrected chi connectivity index (χ1v) is 8.83. The van der Waals surface area contributed by atoms with E-state index in [-0.39, 0.29) is 5.91 Å². The SMILES string of the molecule is Cc1nn(-c2ccccc2)c(C)c1C(=O)NCCc1nnc2ccccn12. The summed E-state index contributed by atoms with van der Waals surface area (Å²) in [6.07, 6.45) is 2.52. The van der Waals surface area contributed by atoms with Gasteiger partial charge in [0.2, 0.25) is 0 Å². The third kappa shape index (κ3) is 3.19. The number of amides is 1. The summed E-state index contributed by atoms with van der Waals surface area (Å²) in [5, 5.41) is 15.8. The number of fused-ring (bicyclic) bond motifs is 1.